The Hall–Kier alpha value is -0.0800. The quantitative estimate of drug-likeness (QED) is 0.711. The highest BCUT2D eigenvalue weighted by Gasteiger charge is 2.25. The van der Waals surface area contributed by atoms with E-state index < -0.39 is 0 Å². The molecule has 2 heteroatoms. The van der Waals surface area contributed by atoms with E-state index in [0.717, 1.165) is 18.9 Å². The number of hydrogen-bond donors (Lipinski definition) is 2. The minimum Gasteiger partial charge on any atom is -0.396 e. The van der Waals surface area contributed by atoms with Crippen LogP contribution in [0.15, 0.2) is 0 Å². The summed E-state index contributed by atoms with van der Waals surface area (Å²) in [6, 6.07) is 0.697. The molecule has 1 rings (SSSR count). The van der Waals surface area contributed by atoms with Gasteiger partial charge in [-0.2, -0.15) is 0 Å². The van der Waals surface area contributed by atoms with Crippen molar-refractivity contribution in [2.45, 2.75) is 52.5 Å². The standard InChI is InChI=1S/C12H25NO/c1-4-12(3,9-14)8-13-11-6-5-10(2)7-11/h10-11,13-14H,4-9H2,1-3H3. The average Bonchev–Trinajstić information content (AvgIpc) is 2.61. The summed E-state index contributed by atoms with van der Waals surface area (Å²) in [6.45, 7) is 7.87. The second-order valence-electron chi connectivity index (χ2n) is 5.32. The first kappa shape index (κ1) is 12.0. The maximum absolute atomic E-state index is 9.27. The van der Waals surface area contributed by atoms with Crippen molar-refractivity contribution in [3.05, 3.63) is 0 Å². The predicted octanol–water partition coefficient (Wildman–Crippen LogP) is 2.17. The van der Waals surface area contributed by atoms with Gasteiger partial charge in [0.2, 0.25) is 0 Å². The van der Waals surface area contributed by atoms with Gasteiger partial charge < -0.3 is 10.4 Å². The molecule has 0 aliphatic heterocycles. The first-order valence-corrected chi connectivity index (χ1v) is 5.94. The summed E-state index contributed by atoms with van der Waals surface area (Å²) in [6.07, 6.45) is 5.02. The van der Waals surface area contributed by atoms with Crippen LogP contribution in [0, 0.1) is 11.3 Å². The van der Waals surface area contributed by atoms with Crippen molar-refractivity contribution in [1.29, 1.82) is 0 Å². The van der Waals surface area contributed by atoms with E-state index in [1.807, 2.05) is 0 Å². The van der Waals surface area contributed by atoms with Crippen LogP contribution in [-0.2, 0) is 0 Å². The van der Waals surface area contributed by atoms with Crippen LogP contribution in [0.1, 0.15) is 46.5 Å². The first-order chi connectivity index (χ1) is 6.59. The molecule has 0 radical (unpaired) electrons. The molecule has 1 aliphatic carbocycles. The molecule has 0 amide bonds. The number of nitrogens with one attached hydrogen (secondary N) is 1. The second-order valence-corrected chi connectivity index (χ2v) is 5.32. The van der Waals surface area contributed by atoms with Gasteiger partial charge in [-0.1, -0.05) is 20.8 Å². The third kappa shape index (κ3) is 3.25. The van der Waals surface area contributed by atoms with Crippen LogP contribution < -0.4 is 5.32 Å². The van der Waals surface area contributed by atoms with E-state index >= 15 is 0 Å². The highest BCUT2D eigenvalue weighted by atomic mass is 16.3. The monoisotopic (exact) mass is 199 g/mol. The molecule has 0 aromatic carbocycles. The predicted molar refractivity (Wildman–Crippen MR) is 60.3 cm³/mol. The Morgan fingerprint density at radius 1 is 1.43 bits per heavy atom. The van der Waals surface area contributed by atoms with E-state index in [-0.39, 0.29) is 5.41 Å². The second kappa shape index (κ2) is 5.13. The largest absolute Gasteiger partial charge is 0.396 e. The molecule has 0 aromatic rings. The van der Waals surface area contributed by atoms with Gasteiger partial charge in [0.1, 0.15) is 0 Å². The molecule has 3 unspecified atom stereocenters. The van der Waals surface area contributed by atoms with Crippen molar-refractivity contribution in [2.75, 3.05) is 13.2 Å². The molecule has 1 fully saturated rings. The molecular formula is C12H25NO. The molecule has 2 nitrogen and oxygen atoms in total. The van der Waals surface area contributed by atoms with E-state index in [4.69, 9.17) is 0 Å². The minimum atomic E-state index is 0.0752. The van der Waals surface area contributed by atoms with E-state index in [1.54, 1.807) is 0 Å². The van der Waals surface area contributed by atoms with Crippen LogP contribution in [0.3, 0.4) is 0 Å². The van der Waals surface area contributed by atoms with Crippen molar-refractivity contribution < 1.29 is 5.11 Å². The molecular weight excluding hydrogens is 174 g/mol. The van der Waals surface area contributed by atoms with Crippen molar-refractivity contribution in [3.63, 3.8) is 0 Å². The fourth-order valence-corrected chi connectivity index (χ4v) is 2.08. The van der Waals surface area contributed by atoms with Crippen molar-refractivity contribution >= 4 is 0 Å². The van der Waals surface area contributed by atoms with Gasteiger partial charge in [-0.3, -0.25) is 0 Å². The summed E-state index contributed by atoms with van der Waals surface area (Å²) >= 11 is 0. The summed E-state index contributed by atoms with van der Waals surface area (Å²) in [5, 5.41) is 12.9. The van der Waals surface area contributed by atoms with Crippen LogP contribution in [-0.4, -0.2) is 24.3 Å². The molecule has 1 saturated carbocycles. The fourth-order valence-electron chi connectivity index (χ4n) is 2.08. The third-order valence-electron chi connectivity index (χ3n) is 3.75. The van der Waals surface area contributed by atoms with E-state index in [9.17, 15) is 5.11 Å². The minimum absolute atomic E-state index is 0.0752. The lowest BCUT2D eigenvalue weighted by atomic mass is 9.88. The van der Waals surface area contributed by atoms with Gasteiger partial charge in [0, 0.05) is 24.6 Å². The zero-order chi connectivity index (χ0) is 10.6. The summed E-state index contributed by atoms with van der Waals surface area (Å²) in [5.74, 6) is 0.884. The van der Waals surface area contributed by atoms with Crippen LogP contribution in [0.25, 0.3) is 0 Å². The molecule has 3 atom stereocenters. The highest BCUT2D eigenvalue weighted by Crippen LogP contribution is 2.26. The molecule has 0 saturated heterocycles. The molecule has 0 spiro atoms. The van der Waals surface area contributed by atoms with Crippen molar-refractivity contribution in [2.24, 2.45) is 11.3 Å². The van der Waals surface area contributed by atoms with E-state index in [2.05, 4.69) is 26.1 Å². The lowest BCUT2D eigenvalue weighted by molar-refractivity contribution is 0.131. The third-order valence-corrected chi connectivity index (χ3v) is 3.75. The Labute approximate surface area is 88.1 Å². The van der Waals surface area contributed by atoms with Crippen LogP contribution in [0.4, 0.5) is 0 Å². The fraction of sp³-hybridized carbons (Fsp3) is 1.00. The number of hydrogen-bond acceptors (Lipinski definition) is 2. The van der Waals surface area contributed by atoms with Crippen LogP contribution in [0.2, 0.25) is 0 Å². The zero-order valence-corrected chi connectivity index (χ0v) is 9.84. The number of aliphatic hydroxyl groups is 1. The SMILES string of the molecule is CCC(C)(CO)CNC1CCC(C)C1. The maximum Gasteiger partial charge on any atom is 0.0496 e. The lowest BCUT2D eigenvalue weighted by Crippen LogP contribution is -2.39. The summed E-state index contributed by atoms with van der Waals surface area (Å²) in [4.78, 5) is 0. The molecule has 1 aliphatic rings. The number of aliphatic hydroxyl groups excluding tert-OH is 1. The molecule has 0 bridgehead atoms. The van der Waals surface area contributed by atoms with Crippen molar-refractivity contribution in [1.82, 2.24) is 5.32 Å². The Bertz CT molecular complexity index is 166. The van der Waals surface area contributed by atoms with Gasteiger partial charge in [0.25, 0.3) is 0 Å². The molecule has 14 heavy (non-hydrogen) atoms. The zero-order valence-electron chi connectivity index (χ0n) is 9.84. The smallest absolute Gasteiger partial charge is 0.0496 e. The average molecular weight is 199 g/mol. The normalized spacial score (nSPS) is 31.7. The molecule has 84 valence electrons. The van der Waals surface area contributed by atoms with Crippen LogP contribution in [0.5, 0.6) is 0 Å². The Morgan fingerprint density at radius 2 is 2.14 bits per heavy atom. The van der Waals surface area contributed by atoms with Gasteiger partial charge >= 0.3 is 0 Å². The summed E-state index contributed by atoms with van der Waals surface area (Å²) in [7, 11) is 0. The highest BCUT2D eigenvalue weighted by molar-refractivity contribution is 4.82. The van der Waals surface area contributed by atoms with Crippen LogP contribution >= 0.6 is 0 Å². The summed E-state index contributed by atoms with van der Waals surface area (Å²) < 4.78 is 0. The van der Waals surface area contributed by atoms with Gasteiger partial charge in [-0.25, -0.2) is 0 Å². The van der Waals surface area contributed by atoms with Gasteiger partial charge in [-0.15, -0.1) is 0 Å². The Kier molecular flexibility index (Phi) is 4.39. The van der Waals surface area contributed by atoms with Crippen molar-refractivity contribution in [3.8, 4) is 0 Å². The van der Waals surface area contributed by atoms with E-state index in [1.165, 1.54) is 19.3 Å². The van der Waals surface area contributed by atoms with E-state index in [0.29, 0.717) is 12.6 Å². The molecule has 0 aromatic heterocycles. The van der Waals surface area contributed by atoms with Gasteiger partial charge in [-0.05, 0) is 31.6 Å². The van der Waals surface area contributed by atoms with Gasteiger partial charge in [0.05, 0.1) is 0 Å². The topological polar surface area (TPSA) is 32.3 Å². The number of rotatable bonds is 5. The van der Waals surface area contributed by atoms with Gasteiger partial charge in [0.15, 0.2) is 0 Å². The summed E-state index contributed by atoms with van der Waals surface area (Å²) in [5.41, 5.74) is 0.0752. The molecule has 2 N–H and O–H groups in total. The Balaban J connectivity index is 2.25. The molecule has 0 heterocycles. The first-order valence-electron chi connectivity index (χ1n) is 5.94. The maximum atomic E-state index is 9.27. The Morgan fingerprint density at radius 3 is 2.57 bits per heavy atom. The lowest BCUT2D eigenvalue weighted by Gasteiger charge is -2.28.